The maximum atomic E-state index is 12.8. The third-order valence-corrected chi connectivity index (χ3v) is 8.27. The highest BCUT2D eigenvalue weighted by Gasteiger charge is 2.30. The molecule has 0 unspecified atom stereocenters. The molecule has 0 N–H and O–H groups in total. The first-order valence-electron chi connectivity index (χ1n) is 8.28. The number of imidazole rings is 1. The summed E-state index contributed by atoms with van der Waals surface area (Å²) in [6.45, 7) is 3.83. The van der Waals surface area contributed by atoms with Crippen molar-refractivity contribution in [1.82, 2.24) is 23.8 Å². The van der Waals surface area contributed by atoms with Crippen LogP contribution in [0.2, 0.25) is 0 Å². The molecule has 4 rings (SSSR count). The van der Waals surface area contributed by atoms with Gasteiger partial charge >= 0.3 is 0 Å². The van der Waals surface area contributed by atoms with Gasteiger partial charge in [0.25, 0.3) is 10.0 Å². The van der Waals surface area contributed by atoms with E-state index in [-0.39, 0.29) is 0 Å². The van der Waals surface area contributed by atoms with Gasteiger partial charge in [-0.25, -0.2) is 23.4 Å². The van der Waals surface area contributed by atoms with Crippen molar-refractivity contribution in [3.63, 3.8) is 0 Å². The molecule has 1 fully saturated rings. The van der Waals surface area contributed by atoms with Gasteiger partial charge in [-0.2, -0.15) is 4.31 Å². The van der Waals surface area contributed by atoms with Crippen LogP contribution in [0.25, 0.3) is 5.82 Å². The minimum absolute atomic E-state index is 0.364. The van der Waals surface area contributed by atoms with Crippen LogP contribution in [0.3, 0.4) is 0 Å². The van der Waals surface area contributed by atoms with Crippen molar-refractivity contribution in [2.45, 2.75) is 11.1 Å². The van der Waals surface area contributed by atoms with Crippen LogP contribution in [0.4, 0.5) is 5.82 Å². The molecule has 0 spiro atoms. The lowest BCUT2D eigenvalue weighted by Crippen LogP contribution is -2.48. The van der Waals surface area contributed by atoms with Gasteiger partial charge in [0.05, 0.1) is 3.79 Å². The summed E-state index contributed by atoms with van der Waals surface area (Å²) in [5, 5.41) is 0. The van der Waals surface area contributed by atoms with E-state index in [4.69, 9.17) is 0 Å². The van der Waals surface area contributed by atoms with Gasteiger partial charge in [0.2, 0.25) is 0 Å². The number of aryl methyl sites for hydroxylation is 1. The van der Waals surface area contributed by atoms with Crippen molar-refractivity contribution in [1.29, 1.82) is 0 Å². The van der Waals surface area contributed by atoms with Crippen LogP contribution in [0.1, 0.15) is 5.82 Å². The molecular weight excluding hydrogens is 452 g/mol. The minimum atomic E-state index is -3.45. The van der Waals surface area contributed by atoms with E-state index in [0.717, 1.165) is 15.4 Å². The maximum absolute atomic E-state index is 12.8. The molecule has 4 heterocycles. The highest BCUT2D eigenvalue weighted by atomic mass is 79.9. The Morgan fingerprint density at radius 3 is 2.48 bits per heavy atom. The maximum Gasteiger partial charge on any atom is 0.252 e. The minimum Gasteiger partial charge on any atom is -0.354 e. The zero-order valence-corrected chi connectivity index (χ0v) is 17.7. The molecule has 0 aromatic carbocycles. The molecule has 3 aromatic heterocycles. The largest absolute Gasteiger partial charge is 0.354 e. The number of anilines is 1. The Hall–Kier alpha value is -1.82. The van der Waals surface area contributed by atoms with Gasteiger partial charge in [0.1, 0.15) is 28.0 Å². The number of sulfonamides is 1. The molecule has 11 heteroatoms. The summed E-state index contributed by atoms with van der Waals surface area (Å²) in [7, 11) is -3.45. The van der Waals surface area contributed by atoms with E-state index in [9.17, 15) is 8.42 Å². The quantitative estimate of drug-likeness (QED) is 0.583. The van der Waals surface area contributed by atoms with Crippen LogP contribution in [-0.2, 0) is 10.0 Å². The van der Waals surface area contributed by atoms with Gasteiger partial charge in [-0.05, 0) is 35.0 Å². The molecule has 27 heavy (non-hydrogen) atoms. The summed E-state index contributed by atoms with van der Waals surface area (Å²) in [6, 6.07) is 5.30. The topological polar surface area (TPSA) is 84.2 Å². The van der Waals surface area contributed by atoms with Gasteiger partial charge in [0.15, 0.2) is 0 Å². The molecule has 0 amide bonds. The molecular formula is C16H17BrN6O2S2. The lowest BCUT2D eigenvalue weighted by molar-refractivity contribution is 0.384. The van der Waals surface area contributed by atoms with E-state index in [1.165, 1.54) is 15.6 Å². The van der Waals surface area contributed by atoms with Crippen LogP contribution >= 0.6 is 27.3 Å². The van der Waals surface area contributed by atoms with E-state index in [1.54, 1.807) is 24.7 Å². The van der Waals surface area contributed by atoms with E-state index in [2.05, 4.69) is 35.8 Å². The Morgan fingerprint density at radius 2 is 1.85 bits per heavy atom. The normalized spacial score (nSPS) is 16.0. The number of hydrogen-bond donors (Lipinski definition) is 0. The molecule has 0 radical (unpaired) electrons. The van der Waals surface area contributed by atoms with Crippen molar-refractivity contribution < 1.29 is 8.42 Å². The lowest BCUT2D eigenvalue weighted by atomic mass is 10.3. The van der Waals surface area contributed by atoms with Gasteiger partial charge in [-0.3, -0.25) is 4.57 Å². The summed E-state index contributed by atoms with van der Waals surface area (Å²) in [6.07, 6.45) is 5.22. The lowest BCUT2D eigenvalue weighted by Gasteiger charge is -2.34. The fraction of sp³-hybridized carbons (Fsp3) is 0.312. The number of nitrogens with zero attached hydrogens (tertiary/aromatic N) is 6. The SMILES string of the molecule is Cc1nc(N2CCN(S(=O)(=O)c3ccc(Br)s3)CC2)cc(-n2ccnc2)n1. The second kappa shape index (κ2) is 7.30. The first kappa shape index (κ1) is 18.5. The summed E-state index contributed by atoms with van der Waals surface area (Å²) >= 11 is 4.56. The van der Waals surface area contributed by atoms with E-state index >= 15 is 0 Å². The Labute approximate surface area is 169 Å². The summed E-state index contributed by atoms with van der Waals surface area (Å²) in [4.78, 5) is 15.1. The van der Waals surface area contributed by atoms with E-state index in [1.807, 2.05) is 23.8 Å². The Kier molecular flexibility index (Phi) is 5.01. The number of aromatic nitrogens is 4. The van der Waals surface area contributed by atoms with Crippen molar-refractivity contribution in [2.75, 3.05) is 31.1 Å². The number of piperazine rings is 1. The smallest absolute Gasteiger partial charge is 0.252 e. The number of rotatable bonds is 4. The van der Waals surface area contributed by atoms with E-state index in [0.29, 0.717) is 36.2 Å². The Morgan fingerprint density at radius 1 is 1.11 bits per heavy atom. The molecule has 1 saturated heterocycles. The second-order valence-electron chi connectivity index (χ2n) is 6.05. The highest BCUT2D eigenvalue weighted by Crippen LogP contribution is 2.29. The van der Waals surface area contributed by atoms with Crippen LogP contribution in [-0.4, -0.2) is 58.4 Å². The van der Waals surface area contributed by atoms with Gasteiger partial charge in [-0.1, -0.05) is 0 Å². The molecule has 0 atom stereocenters. The van der Waals surface area contributed by atoms with Gasteiger partial charge in [-0.15, -0.1) is 11.3 Å². The molecule has 1 aliphatic rings. The Bertz CT molecular complexity index is 1040. The number of thiophene rings is 1. The average molecular weight is 469 g/mol. The predicted octanol–water partition coefficient (Wildman–Crippen LogP) is 2.31. The highest BCUT2D eigenvalue weighted by molar-refractivity contribution is 9.11. The fourth-order valence-electron chi connectivity index (χ4n) is 2.95. The standard InChI is InChI=1S/C16H17BrN6O2S2/c1-12-19-14(10-15(20-12)22-5-4-18-11-22)21-6-8-23(9-7-21)27(24,25)16-3-2-13(17)26-16/h2-5,10-11H,6-9H2,1H3. The summed E-state index contributed by atoms with van der Waals surface area (Å²) in [5.74, 6) is 2.20. The Balaban J connectivity index is 1.51. The van der Waals surface area contributed by atoms with Gasteiger partial charge < -0.3 is 4.90 Å². The van der Waals surface area contributed by atoms with Gasteiger partial charge in [0, 0.05) is 44.6 Å². The zero-order valence-electron chi connectivity index (χ0n) is 14.5. The number of hydrogen-bond acceptors (Lipinski definition) is 7. The fourth-order valence-corrected chi connectivity index (χ4v) is 6.53. The third kappa shape index (κ3) is 3.77. The van der Waals surface area contributed by atoms with Crippen LogP contribution in [0.15, 0.2) is 44.9 Å². The summed E-state index contributed by atoms with van der Waals surface area (Å²) < 4.78 is 30.1. The van der Waals surface area contributed by atoms with E-state index < -0.39 is 10.0 Å². The third-order valence-electron chi connectivity index (χ3n) is 4.29. The van der Waals surface area contributed by atoms with Crippen molar-refractivity contribution in [3.05, 3.63) is 46.5 Å². The summed E-state index contributed by atoms with van der Waals surface area (Å²) in [5.41, 5.74) is 0. The number of halogens is 1. The van der Waals surface area contributed by atoms with Crippen molar-refractivity contribution in [2.24, 2.45) is 0 Å². The molecule has 0 saturated carbocycles. The molecule has 1 aliphatic heterocycles. The first-order chi connectivity index (χ1) is 12.9. The molecule has 8 nitrogen and oxygen atoms in total. The average Bonchev–Trinajstić information content (AvgIpc) is 3.33. The molecule has 3 aromatic rings. The van der Waals surface area contributed by atoms with Crippen LogP contribution in [0, 0.1) is 6.92 Å². The van der Waals surface area contributed by atoms with Crippen LogP contribution in [0.5, 0.6) is 0 Å². The second-order valence-corrected chi connectivity index (χ2v) is 10.7. The molecule has 0 bridgehead atoms. The monoisotopic (exact) mass is 468 g/mol. The molecule has 142 valence electrons. The molecule has 0 aliphatic carbocycles. The van der Waals surface area contributed by atoms with Crippen molar-refractivity contribution >= 4 is 43.1 Å². The predicted molar refractivity (Wildman–Crippen MR) is 107 cm³/mol. The first-order valence-corrected chi connectivity index (χ1v) is 11.3. The zero-order chi connectivity index (χ0) is 19.0. The van der Waals surface area contributed by atoms with Crippen LogP contribution < -0.4 is 4.90 Å². The van der Waals surface area contributed by atoms with Crippen molar-refractivity contribution in [3.8, 4) is 5.82 Å².